The maximum atomic E-state index is 15.0. The van der Waals surface area contributed by atoms with Crippen LogP contribution in [0.1, 0.15) is 87.8 Å². The Morgan fingerprint density at radius 1 is 0.906 bits per heavy atom. The van der Waals surface area contributed by atoms with Gasteiger partial charge in [0.05, 0.1) is 17.2 Å². The molecule has 4 N–H and O–H groups in total. The zero-order chi connectivity index (χ0) is 43.7. The summed E-state index contributed by atoms with van der Waals surface area (Å²) >= 11 is 0. The first-order valence-corrected chi connectivity index (χ1v) is 24.3. The molecule has 3 aromatic carbocycles. The molecule has 12 rings (SSSR count). The Morgan fingerprint density at radius 3 is 2.59 bits per heavy atom. The summed E-state index contributed by atoms with van der Waals surface area (Å²) in [6, 6.07) is 24.7. The third kappa shape index (κ3) is 6.56. The molecule has 0 radical (unpaired) electrons. The summed E-state index contributed by atoms with van der Waals surface area (Å²) in [4.78, 5) is 29.8. The van der Waals surface area contributed by atoms with Gasteiger partial charge in [-0.25, -0.2) is 9.59 Å². The highest BCUT2D eigenvalue weighted by Crippen LogP contribution is 2.72. The van der Waals surface area contributed by atoms with Crippen LogP contribution in [-0.2, 0) is 32.0 Å². The van der Waals surface area contributed by atoms with E-state index in [2.05, 4.69) is 103 Å². The number of piperidine rings is 1. The SMILES string of the molecule is CC[C@H](/C=C1\OC(=O)C2=C(c3cc(O)ccc3-c3cccc(CNC)c3)[C@@H]3CC[C@@]21[C@H]1C2=C(CC[C@@H]31)C(=CC[C@]13CCC[C@H]1C=C[C@@H]1CN[C@@H](NC)C[C@@H]13)OC2=O)Cc1ccccc1. The molecule has 64 heavy (non-hydrogen) atoms. The minimum atomic E-state index is -0.837. The van der Waals surface area contributed by atoms with Gasteiger partial charge in [-0.2, -0.15) is 0 Å². The second-order valence-electron chi connectivity index (χ2n) is 20.3. The molecule has 2 saturated carbocycles. The van der Waals surface area contributed by atoms with E-state index in [1.54, 1.807) is 6.07 Å². The molecule has 3 aliphatic heterocycles. The highest BCUT2D eigenvalue weighted by molar-refractivity contribution is 6.07. The van der Waals surface area contributed by atoms with E-state index in [1.807, 2.05) is 25.2 Å². The number of aromatic hydroxyl groups is 1. The van der Waals surface area contributed by atoms with Gasteiger partial charge in [-0.1, -0.05) is 80.1 Å². The van der Waals surface area contributed by atoms with Crippen molar-refractivity contribution in [2.45, 2.75) is 90.3 Å². The van der Waals surface area contributed by atoms with Crippen LogP contribution >= 0.6 is 0 Å². The van der Waals surface area contributed by atoms with Crippen LogP contribution in [0.4, 0.5) is 0 Å². The fraction of sp³-hybridized carbons (Fsp3) is 0.464. The van der Waals surface area contributed by atoms with E-state index < -0.39 is 5.41 Å². The highest BCUT2D eigenvalue weighted by Gasteiger charge is 2.68. The number of esters is 2. The van der Waals surface area contributed by atoms with E-state index >= 15 is 0 Å². The first-order chi connectivity index (χ1) is 31.3. The zero-order valence-electron chi connectivity index (χ0n) is 37.6. The Labute approximate surface area is 378 Å². The van der Waals surface area contributed by atoms with Crippen molar-refractivity contribution in [1.82, 2.24) is 16.0 Å². The quantitative estimate of drug-likeness (QED) is 0.112. The fourth-order valence-corrected chi connectivity index (χ4v) is 14.6. The Hall–Kier alpha value is -5.02. The molecule has 0 amide bonds. The van der Waals surface area contributed by atoms with Crippen molar-refractivity contribution in [2.24, 2.45) is 52.3 Å². The van der Waals surface area contributed by atoms with Crippen LogP contribution in [-0.4, -0.2) is 43.9 Å². The van der Waals surface area contributed by atoms with Crippen molar-refractivity contribution < 1.29 is 24.2 Å². The third-order valence-corrected chi connectivity index (χ3v) is 17.4. The Kier molecular flexibility index (Phi) is 10.7. The molecule has 1 spiro atoms. The molecule has 3 aromatic rings. The van der Waals surface area contributed by atoms with Crippen LogP contribution in [0.5, 0.6) is 5.75 Å². The minimum absolute atomic E-state index is 0.000105. The zero-order valence-corrected chi connectivity index (χ0v) is 37.6. The Morgan fingerprint density at radius 2 is 1.77 bits per heavy atom. The van der Waals surface area contributed by atoms with Crippen molar-refractivity contribution in [3.05, 3.63) is 142 Å². The third-order valence-electron chi connectivity index (χ3n) is 17.4. The summed E-state index contributed by atoms with van der Waals surface area (Å²) in [7, 11) is 4.01. The number of hydrogen-bond acceptors (Lipinski definition) is 8. The molecular formula is C56H63N3O5. The number of benzene rings is 3. The lowest BCUT2D eigenvalue weighted by Crippen LogP contribution is -2.55. The van der Waals surface area contributed by atoms with Crippen LogP contribution < -0.4 is 16.0 Å². The van der Waals surface area contributed by atoms with Gasteiger partial charge in [0.15, 0.2) is 0 Å². The molecule has 2 bridgehead atoms. The van der Waals surface area contributed by atoms with Gasteiger partial charge >= 0.3 is 11.9 Å². The van der Waals surface area contributed by atoms with E-state index in [9.17, 15) is 14.7 Å². The van der Waals surface area contributed by atoms with Gasteiger partial charge in [-0.05, 0) is 183 Å². The van der Waals surface area contributed by atoms with Gasteiger partial charge in [-0.3, -0.25) is 0 Å². The standard InChI is InChI=1S/C56H63N3O5/c1-4-33(26-34-10-6-5-7-11-34)28-47-56-25-21-41(49(52(56)54(62)64-47)44-29-39(60)17-18-40(44)36-13-8-12-35(27-36)31-57-2)42-19-20-43-46(63-53(61)50(43)51(42)56)22-24-55-23-9-14-38(55)16-15-37-32-59-48(58-3)30-45(37)55/h5-8,10-13,15-18,22,27-29,33,37-38,41-42,45,48,51,57-60H,4,9,14,19-21,23-26,30-32H2,1-3H3/b46-22?,47-28-/t33-,37+,38-,41+,42-,45-,48+,51+,55+,56+/m0/s1. The smallest absolute Gasteiger partial charge is 0.340 e. The van der Waals surface area contributed by atoms with Crippen LogP contribution in [0, 0.1) is 52.3 Å². The normalized spacial score (nSPS) is 34.1. The first kappa shape index (κ1) is 41.7. The van der Waals surface area contributed by atoms with E-state index in [0.29, 0.717) is 41.7 Å². The van der Waals surface area contributed by atoms with E-state index in [1.165, 1.54) is 24.8 Å². The van der Waals surface area contributed by atoms with E-state index in [-0.39, 0.29) is 46.8 Å². The van der Waals surface area contributed by atoms with Gasteiger partial charge in [-0.15, -0.1) is 0 Å². The number of nitrogens with one attached hydrogen (secondary N) is 3. The number of fused-ring (bicyclic) bond motifs is 4. The lowest BCUT2D eigenvalue weighted by atomic mass is 9.44. The minimum Gasteiger partial charge on any atom is -0.508 e. The maximum Gasteiger partial charge on any atom is 0.340 e. The lowest BCUT2D eigenvalue weighted by Gasteiger charge is -2.56. The summed E-state index contributed by atoms with van der Waals surface area (Å²) < 4.78 is 13.2. The molecule has 4 fully saturated rings. The predicted molar refractivity (Wildman–Crippen MR) is 250 cm³/mol. The fourth-order valence-electron chi connectivity index (χ4n) is 14.6. The largest absolute Gasteiger partial charge is 0.508 e. The number of carbonyl (C=O) groups is 2. The van der Waals surface area contributed by atoms with Crippen LogP contribution in [0.3, 0.4) is 0 Å². The summed E-state index contributed by atoms with van der Waals surface area (Å²) in [5.74, 6) is 2.63. The number of phenols is 1. The summed E-state index contributed by atoms with van der Waals surface area (Å²) in [5, 5.41) is 21.8. The molecule has 332 valence electrons. The molecular weight excluding hydrogens is 795 g/mol. The summed E-state index contributed by atoms with van der Waals surface area (Å²) in [5.41, 5.74) is 8.11. The number of cyclic esters (lactones) is 2. The molecule has 6 aliphatic carbocycles. The Balaban J connectivity index is 1.05. The Bertz CT molecular complexity index is 2530. The second kappa shape index (κ2) is 16.4. The molecule has 9 aliphatic rings. The van der Waals surface area contributed by atoms with Gasteiger partial charge in [0.25, 0.3) is 0 Å². The monoisotopic (exact) mass is 857 g/mol. The van der Waals surface area contributed by atoms with Crippen molar-refractivity contribution in [3.8, 4) is 16.9 Å². The van der Waals surface area contributed by atoms with Crippen molar-refractivity contribution in [1.29, 1.82) is 0 Å². The number of allylic oxidation sites excluding steroid dienone is 6. The molecule has 2 saturated heterocycles. The average Bonchev–Trinajstić information content (AvgIpc) is 3.99. The number of phenolic OH excluding ortho intramolecular Hbond substituents is 1. The van der Waals surface area contributed by atoms with Gasteiger partial charge in [0, 0.05) is 30.2 Å². The molecule has 8 nitrogen and oxygen atoms in total. The molecule has 8 heteroatoms. The molecule has 3 heterocycles. The maximum absolute atomic E-state index is 15.0. The number of rotatable bonds is 11. The molecule has 0 aromatic heterocycles. The van der Waals surface area contributed by atoms with Crippen molar-refractivity contribution in [3.63, 3.8) is 0 Å². The molecule has 0 unspecified atom stereocenters. The highest BCUT2D eigenvalue weighted by atomic mass is 16.5. The van der Waals surface area contributed by atoms with Gasteiger partial charge < -0.3 is 30.5 Å². The molecule has 10 atom stereocenters. The summed E-state index contributed by atoms with van der Waals surface area (Å²) in [6.07, 6.45) is 20.4. The van der Waals surface area contributed by atoms with Crippen molar-refractivity contribution in [2.75, 3.05) is 20.6 Å². The number of carbonyl (C=O) groups excluding carboxylic acids is 2. The second-order valence-corrected chi connectivity index (χ2v) is 20.3. The van der Waals surface area contributed by atoms with E-state index in [0.717, 1.165) is 103 Å². The summed E-state index contributed by atoms with van der Waals surface area (Å²) in [6.45, 7) is 3.92. The van der Waals surface area contributed by atoms with Crippen LogP contribution in [0.2, 0.25) is 0 Å². The first-order valence-electron chi connectivity index (χ1n) is 24.3. The number of ether oxygens (including phenoxy) is 2. The topological polar surface area (TPSA) is 109 Å². The average molecular weight is 858 g/mol. The van der Waals surface area contributed by atoms with Gasteiger partial charge in [0.1, 0.15) is 17.3 Å². The predicted octanol–water partition coefficient (Wildman–Crippen LogP) is 9.93. The van der Waals surface area contributed by atoms with Gasteiger partial charge in [0.2, 0.25) is 0 Å². The van der Waals surface area contributed by atoms with E-state index in [4.69, 9.17) is 9.47 Å². The lowest BCUT2D eigenvalue weighted by molar-refractivity contribution is -0.135. The number of hydrogen-bond donors (Lipinski definition) is 4. The van der Waals surface area contributed by atoms with Crippen molar-refractivity contribution >= 4 is 17.5 Å². The van der Waals surface area contributed by atoms with Crippen LogP contribution in [0.15, 0.2) is 125 Å². The van der Waals surface area contributed by atoms with Crippen LogP contribution in [0.25, 0.3) is 16.7 Å².